The highest BCUT2D eigenvalue weighted by Crippen LogP contribution is 2.37. The summed E-state index contributed by atoms with van der Waals surface area (Å²) in [5.41, 5.74) is 3.52. The van der Waals surface area contributed by atoms with Crippen molar-refractivity contribution in [3.63, 3.8) is 0 Å². The van der Waals surface area contributed by atoms with Gasteiger partial charge in [0.15, 0.2) is 5.75 Å². The van der Waals surface area contributed by atoms with Crippen molar-refractivity contribution in [2.24, 2.45) is 20.5 Å². The molecule has 0 aliphatic rings. The number of hydrogen-bond donors (Lipinski definition) is 3. The molecule has 0 saturated carbocycles. The van der Waals surface area contributed by atoms with E-state index in [4.69, 9.17) is 16.4 Å². The quantitative estimate of drug-likeness (QED) is 0.0923. The normalized spacial score (nSPS) is 11.9. The fraction of sp³-hybridized carbons (Fsp3) is 0.0833. The summed E-state index contributed by atoms with van der Waals surface area (Å²) >= 11 is 0. The van der Waals surface area contributed by atoms with Crippen molar-refractivity contribution >= 4 is 65.8 Å². The molecule has 0 unspecified atom stereocenters. The van der Waals surface area contributed by atoms with E-state index in [9.17, 15) is 18.1 Å². The molecule has 0 spiro atoms. The molecule has 0 saturated heterocycles. The number of rotatable bonds is 11. The molecule has 0 heterocycles. The number of fused-ring (bicyclic) bond motifs is 2. The zero-order valence-electron chi connectivity index (χ0n) is 25.6. The first kappa shape index (κ1) is 32.1. The van der Waals surface area contributed by atoms with Crippen LogP contribution in [0.25, 0.3) is 21.5 Å². The zero-order valence-corrected chi connectivity index (χ0v) is 26.4. The Balaban J connectivity index is 1.15. The van der Waals surface area contributed by atoms with Crippen molar-refractivity contribution in [2.75, 3.05) is 19.0 Å². The number of nitrogens with zero attached hydrogens (tertiary/aromatic N) is 4. The van der Waals surface area contributed by atoms with Crippen LogP contribution in [-0.2, 0) is 10.1 Å². The average molecular weight is 660 g/mol. The fourth-order valence-electron chi connectivity index (χ4n) is 4.94. The monoisotopic (exact) mass is 659 g/mol. The van der Waals surface area contributed by atoms with E-state index in [1.54, 1.807) is 55.6 Å². The first-order chi connectivity index (χ1) is 23.2. The van der Waals surface area contributed by atoms with Crippen molar-refractivity contribution in [1.29, 1.82) is 0 Å². The summed E-state index contributed by atoms with van der Waals surface area (Å²) < 4.78 is 44.6. The van der Waals surface area contributed by atoms with Gasteiger partial charge in [-0.25, -0.2) is 0 Å². The molecule has 12 heteroatoms. The van der Waals surface area contributed by atoms with E-state index >= 15 is 0 Å². The number of nitrogens with one attached hydrogen (secondary N) is 1. The molecule has 6 rings (SSSR count). The third-order valence-electron chi connectivity index (χ3n) is 7.29. The first-order valence-electron chi connectivity index (χ1n) is 14.7. The predicted molar refractivity (Wildman–Crippen MR) is 185 cm³/mol. The van der Waals surface area contributed by atoms with Crippen molar-refractivity contribution in [2.45, 2.75) is 11.3 Å². The first-order valence-corrected chi connectivity index (χ1v) is 16.1. The van der Waals surface area contributed by atoms with E-state index < -0.39 is 10.1 Å². The summed E-state index contributed by atoms with van der Waals surface area (Å²) in [6.45, 7) is 5.67. The molecule has 0 bridgehead atoms. The molecule has 11 nitrogen and oxygen atoms in total. The van der Waals surface area contributed by atoms with Crippen LogP contribution >= 0.6 is 0 Å². The van der Waals surface area contributed by atoms with E-state index in [0.29, 0.717) is 33.5 Å². The summed E-state index contributed by atoms with van der Waals surface area (Å²) in [7, 11) is -2.92. The molecule has 0 aromatic heterocycles. The van der Waals surface area contributed by atoms with Crippen LogP contribution in [0.4, 0.5) is 34.1 Å². The van der Waals surface area contributed by atoms with E-state index in [-0.39, 0.29) is 34.8 Å². The SMILES string of the molecule is [CH]CCOc1cc(S(=O)(=O)O)c2cc(N=Nc3ccc(N=Nc4ccc5cc(Nc6ccc(OC)cc6)ccc5c4O)cc3)ccc2c1. The summed E-state index contributed by atoms with van der Waals surface area (Å²) in [6, 6.07) is 31.4. The van der Waals surface area contributed by atoms with Crippen LogP contribution in [0.3, 0.4) is 0 Å². The van der Waals surface area contributed by atoms with Crippen LogP contribution in [0.15, 0.2) is 135 Å². The number of methoxy groups -OCH3 is 1. The summed E-state index contributed by atoms with van der Waals surface area (Å²) in [5, 5.41) is 33.5. The summed E-state index contributed by atoms with van der Waals surface area (Å²) in [6.07, 6.45) is 0.253. The van der Waals surface area contributed by atoms with E-state index in [0.717, 1.165) is 22.5 Å². The Labute approximate surface area is 277 Å². The Hall–Kier alpha value is -5.85. The van der Waals surface area contributed by atoms with Gasteiger partial charge in [0, 0.05) is 28.2 Å². The van der Waals surface area contributed by atoms with Crippen molar-refractivity contribution in [3.05, 3.63) is 116 Å². The van der Waals surface area contributed by atoms with Gasteiger partial charge >= 0.3 is 0 Å². The van der Waals surface area contributed by atoms with Crippen LogP contribution in [0.5, 0.6) is 17.2 Å². The van der Waals surface area contributed by atoms with Gasteiger partial charge in [-0.05, 0) is 115 Å². The molecule has 3 N–H and O–H groups in total. The van der Waals surface area contributed by atoms with Crippen LogP contribution < -0.4 is 14.8 Å². The number of hydrogen-bond acceptors (Lipinski definition) is 10. The second-order valence-electron chi connectivity index (χ2n) is 10.6. The third-order valence-corrected chi connectivity index (χ3v) is 8.18. The van der Waals surface area contributed by atoms with Gasteiger partial charge in [-0.3, -0.25) is 4.55 Å². The van der Waals surface area contributed by atoms with Gasteiger partial charge in [0.25, 0.3) is 10.1 Å². The standard InChI is InChI=1S/C36H29N5O6S/c1-3-18-47-31-20-24-4-6-29(21-33(24)35(22-31)48(43,44)45)40-38-26-7-9-27(10-8-26)39-41-34-17-5-23-19-28(13-16-32(23)36(34)42)37-25-11-14-30(46-2)15-12-25/h1,4-17,19-22,37,42H,3,18H2,2H3,(H,43,44,45). The Kier molecular flexibility index (Phi) is 9.28. The highest BCUT2D eigenvalue weighted by atomic mass is 32.2. The topological polar surface area (TPSA) is 155 Å². The minimum absolute atomic E-state index is 0.0181. The number of azo groups is 2. The van der Waals surface area contributed by atoms with Gasteiger partial charge in [-0.2, -0.15) is 23.8 Å². The maximum atomic E-state index is 12.1. The lowest BCUT2D eigenvalue weighted by Gasteiger charge is -2.10. The van der Waals surface area contributed by atoms with Crippen molar-refractivity contribution in [1.82, 2.24) is 0 Å². The van der Waals surface area contributed by atoms with Gasteiger partial charge in [-0.15, -0.1) is 5.11 Å². The zero-order chi connectivity index (χ0) is 33.7. The van der Waals surface area contributed by atoms with E-state index in [2.05, 4.69) is 25.8 Å². The molecule has 0 amide bonds. The molecule has 0 fully saturated rings. The smallest absolute Gasteiger partial charge is 0.295 e. The second kappa shape index (κ2) is 13.9. The molecule has 0 aliphatic heterocycles. The lowest BCUT2D eigenvalue weighted by molar-refractivity contribution is 0.324. The van der Waals surface area contributed by atoms with Gasteiger partial charge in [0.05, 0.1) is 30.8 Å². The van der Waals surface area contributed by atoms with Crippen molar-refractivity contribution < 1.29 is 27.6 Å². The average Bonchev–Trinajstić information content (AvgIpc) is 3.09. The molecule has 48 heavy (non-hydrogen) atoms. The molecular weight excluding hydrogens is 630 g/mol. The Morgan fingerprint density at radius 1 is 0.688 bits per heavy atom. The van der Waals surface area contributed by atoms with Gasteiger partial charge in [0.1, 0.15) is 22.1 Å². The number of ether oxygens (including phenoxy) is 2. The lowest BCUT2D eigenvalue weighted by Crippen LogP contribution is -2.02. The predicted octanol–water partition coefficient (Wildman–Crippen LogP) is 10.0. The third kappa shape index (κ3) is 7.41. The van der Waals surface area contributed by atoms with Gasteiger partial charge in [-0.1, -0.05) is 12.1 Å². The maximum Gasteiger partial charge on any atom is 0.295 e. The largest absolute Gasteiger partial charge is 0.505 e. The van der Waals surface area contributed by atoms with Crippen LogP contribution in [0.2, 0.25) is 0 Å². The van der Waals surface area contributed by atoms with Crippen LogP contribution in [-0.4, -0.2) is 31.8 Å². The van der Waals surface area contributed by atoms with Crippen molar-refractivity contribution in [3.8, 4) is 17.2 Å². The Morgan fingerprint density at radius 2 is 1.31 bits per heavy atom. The van der Waals surface area contributed by atoms with Gasteiger partial charge < -0.3 is 19.9 Å². The number of anilines is 2. The second-order valence-corrected chi connectivity index (χ2v) is 12.0. The number of phenols is 1. The lowest BCUT2D eigenvalue weighted by atomic mass is 10.1. The minimum Gasteiger partial charge on any atom is -0.505 e. The highest BCUT2D eigenvalue weighted by molar-refractivity contribution is 7.86. The van der Waals surface area contributed by atoms with Crippen LogP contribution in [0.1, 0.15) is 6.42 Å². The molecule has 0 aliphatic carbocycles. The summed E-state index contributed by atoms with van der Waals surface area (Å²) in [4.78, 5) is -0.303. The Bertz CT molecular complexity index is 2270. The molecular formula is C36H29N5O6S. The number of aromatic hydroxyl groups is 1. The molecule has 6 aromatic carbocycles. The van der Waals surface area contributed by atoms with Gasteiger partial charge in [0.2, 0.25) is 0 Å². The maximum absolute atomic E-state index is 12.1. The highest BCUT2D eigenvalue weighted by Gasteiger charge is 2.17. The number of phenolic OH excluding ortho intramolecular Hbond substituents is 1. The summed E-state index contributed by atoms with van der Waals surface area (Å²) in [5.74, 6) is 1.07. The molecule has 2 radical (unpaired) electrons. The van der Waals surface area contributed by atoms with E-state index in [1.165, 1.54) is 12.1 Å². The van der Waals surface area contributed by atoms with Crippen LogP contribution in [0, 0.1) is 6.92 Å². The van der Waals surface area contributed by atoms with E-state index in [1.807, 2.05) is 48.5 Å². The fourth-order valence-corrected chi connectivity index (χ4v) is 5.66. The Morgan fingerprint density at radius 3 is 2.00 bits per heavy atom. The molecule has 6 aromatic rings. The molecule has 240 valence electrons. The molecule has 0 atom stereocenters. The number of benzene rings is 6. The minimum atomic E-state index is -4.54.